The zero-order valence-corrected chi connectivity index (χ0v) is 12.5. The molecule has 3 heterocycles. The highest BCUT2D eigenvalue weighted by Crippen LogP contribution is 2.28. The van der Waals surface area contributed by atoms with E-state index in [1.807, 2.05) is 4.90 Å². The van der Waals surface area contributed by atoms with Crippen molar-refractivity contribution in [3.8, 4) is 6.07 Å². The predicted molar refractivity (Wildman–Crippen MR) is 81.2 cm³/mol. The molecular weight excluding hydrogens is 280 g/mol. The summed E-state index contributed by atoms with van der Waals surface area (Å²) < 4.78 is 0. The van der Waals surface area contributed by atoms with Gasteiger partial charge in [-0.25, -0.2) is 4.98 Å². The second-order valence-electron chi connectivity index (χ2n) is 6.07. The lowest BCUT2D eigenvalue weighted by atomic mass is 9.91. The van der Waals surface area contributed by atoms with E-state index in [-0.39, 0.29) is 12.5 Å². The summed E-state index contributed by atoms with van der Waals surface area (Å²) in [7, 11) is 0. The normalized spacial score (nSPS) is 25.1. The fourth-order valence-electron chi connectivity index (χ4n) is 3.28. The lowest BCUT2D eigenvalue weighted by Crippen LogP contribution is -2.58. The van der Waals surface area contributed by atoms with Crippen LogP contribution in [0.15, 0.2) is 18.3 Å². The number of amides is 1. The van der Waals surface area contributed by atoms with Gasteiger partial charge in [0.05, 0.1) is 18.2 Å². The van der Waals surface area contributed by atoms with Crippen molar-refractivity contribution < 1.29 is 9.90 Å². The van der Waals surface area contributed by atoms with E-state index >= 15 is 0 Å². The van der Waals surface area contributed by atoms with Gasteiger partial charge in [-0.15, -0.1) is 0 Å². The molecule has 1 aromatic rings. The van der Waals surface area contributed by atoms with E-state index in [4.69, 9.17) is 5.26 Å². The lowest BCUT2D eigenvalue weighted by Gasteiger charge is -2.40. The number of carbonyl (C=O) groups is 1. The Balaban J connectivity index is 1.78. The minimum Gasteiger partial charge on any atom is -0.378 e. The first kappa shape index (κ1) is 14.8. The molecule has 1 unspecified atom stereocenters. The van der Waals surface area contributed by atoms with Crippen LogP contribution in [0.3, 0.4) is 0 Å². The Labute approximate surface area is 130 Å². The summed E-state index contributed by atoms with van der Waals surface area (Å²) in [6.07, 6.45) is 4.82. The summed E-state index contributed by atoms with van der Waals surface area (Å²) in [5.41, 5.74) is -0.808. The summed E-state index contributed by atoms with van der Waals surface area (Å²) in [5, 5.41) is 19.8. The van der Waals surface area contributed by atoms with Crippen molar-refractivity contribution in [1.82, 2.24) is 9.88 Å². The quantitative estimate of drug-likeness (QED) is 0.878. The molecule has 1 N–H and O–H groups in total. The molecule has 0 spiro atoms. The van der Waals surface area contributed by atoms with Crippen LogP contribution in [0.1, 0.15) is 31.2 Å². The van der Waals surface area contributed by atoms with Crippen LogP contribution >= 0.6 is 0 Å². The van der Waals surface area contributed by atoms with Gasteiger partial charge in [-0.2, -0.15) is 5.26 Å². The SMILES string of the molecule is N#Cc1ccnc(N2CCCC(O)(C(=O)N3CCCC3)C2)c1. The predicted octanol–water partition coefficient (Wildman–Crippen LogP) is 0.907. The number of hydrogen-bond donors (Lipinski definition) is 1. The van der Waals surface area contributed by atoms with Crippen molar-refractivity contribution in [3.63, 3.8) is 0 Å². The molecule has 1 atom stereocenters. The van der Waals surface area contributed by atoms with Crippen LogP contribution in [0, 0.1) is 11.3 Å². The first-order chi connectivity index (χ1) is 10.6. The largest absolute Gasteiger partial charge is 0.378 e. The highest BCUT2D eigenvalue weighted by molar-refractivity contribution is 5.86. The number of rotatable bonds is 2. The second kappa shape index (κ2) is 5.93. The molecule has 0 aromatic carbocycles. The molecule has 22 heavy (non-hydrogen) atoms. The van der Waals surface area contributed by atoms with Crippen molar-refractivity contribution in [2.45, 2.75) is 31.3 Å². The van der Waals surface area contributed by atoms with E-state index in [9.17, 15) is 9.90 Å². The summed E-state index contributed by atoms with van der Waals surface area (Å²) in [6.45, 7) is 2.45. The van der Waals surface area contributed by atoms with Gasteiger partial charge in [-0.05, 0) is 37.8 Å². The van der Waals surface area contributed by atoms with Gasteiger partial charge < -0.3 is 14.9 Å². The van der Waals surface area contributed by atoms with E-state index in [1.165, 1.54) is 0 Å². The number of nitrogens with zero attached hydrogens (tertiary/aromatic N) is 4. The molecular formula is C16H20N4O2. The van der Waals surface area contributed by atoms with E-state index in [0.717, 1.165) is 38.9 Å². The van der Waals surface area contributed by atoms with Gasteiger partial charge in [0, 0.05) is 25.8 Å². The molecule has 1 aromatic heterocycles. The standard InChI is InChI=1S/C16H20N4O2/c17-11-13-4-6-18-14(10-13)20-9-3-5-16(22,12-20)15(21)19-7-1-2-8-19/h4,6,10,22H,1-3,5,7-9,12H2. The van der Waals surface area contributed by atoms with E-state index in [2.05, 4.69) is 11.1 Å². The maximum atomic E-state index is 12.6. The molecule has 6 heteroatoms. The maximum Gasteiger partial charge on any atom is 0.256 e. The summed E-state index contributed by atoms with van der Waals surface area (Å²) in [4.78, 5) is 20.5. The Kier molecular flexibility index (Phi) is 3.99. The third-order valence-electron chi connectivity index (χ3n) is 4.46. The van der Waals surface area contributed by atoms with Crippen LogP contribution in [0.25, 0.3) is 0 Å². The van der Waals surface area contributed by atoms with Crippen molar-refractivity contribution in [3.05, 3.63) is 23.9 Å². The van der Waals surface area contributed by atoms with Crippen LogP contribution in [0.5, 0.6) is 0 Å². The summed E-state index contributed by atoms with van der Waals surface area (Å²) in [6, 6.07) is 5.44. The molecule has 2 saturated heterocycles. The van der Waals surface area contributed by atoms with Gasteiger partial charge in [-0.1, -0.05) is 0 Å². The highest BCUT2D eigenvalue weighted by atomic mass is 16.3. The third kappa shape index (κ3) is 2.77. The van der Waals surface area contributed by atoms with Crippen LogP contribution in [0.4, 0.5) is 5.82 Å². The van der Waals surface area contributed by atoms with Crippen molar-refractivity contribution >= 4 is 11.7 Å². The van der Waals surface area contributed by atoms with Gasteiger partial charge in [-0.3, -0.25) is 4.79 Å². The number of pyridine rings is 1. The first-order valence-corrected chi connectivity index (χ1v) is 7.75. The molecule has 1 amide bonds. The van der Waals surface area contributed by atoms with Gasteiger partial charge in [0.15, 0.2) is 5.60 Å². The van der Waals surface area contributed by atoms with Gasteiger partial charge in [0.25, 0.3) is 5.91 Å². The fourth-order valence-corrected chi connectivity index (χ4v) is 3.28. The average molecular weight is 300 g/mol. The Morgan fingerprint density at radius 2 is 2.09 bits per heavy atom. The van der Waals surface area contributed by atoms with E-state index in [1.54, 1.807) is 23.2 Å². The number of piperidine rings is 1. The number of aliphatic hydroxyl groups is 1. The Morgan fingerprint density at radius 1 is 1.32 bits per heavy atom. The second-order valence-corrected chi connectivity index (χ2v) is 6.07. The van der Waals surface area contributed by atoms with Crippen LogP contribution < -0.4 is 4.90 Å². The summed E-state index contributed by atoms with van der Waals surface area (Å²) in [5.74, 6) is 0.484. The zero-order chi connectivity index (χ0) is 15.6. The Bertz CT molecular complexity index is 606. The van der Waals surface area contributed by atoms with Crippen molar-refractivity contribution in [1.29, 1.82) is 5.26 Å². The molecule has 0 bridgehead atoms. The van der Waals surface area contributed by atoms with Gasteiger partial charge in [0.1, 0.15) is 5.82 Å². The highest BCUT2D eigenvalue weighted by Gasteiger charge is 2.43. The maximum absolute atomic E-state index is 12.6. The number of likely N-dealkylation sites (tertiary alicyclic amines) is 1. The Hall–Kier alpha value is -2.13. The molecule has 0 aliphatic carbocycles. The average Bonchev–Trinajstić information content (AvgIpc) is 3.08. The molecule has 0 radical (unpaired) electrons. The first-order valence-electron chi connectivity index (χ1n) is 7.75. The van der Waals surface area contributed by atoms with Crippen LogP contribution in [-0.4, -0.2) is 52.7 Å². The number of hydrogen-bond acceptors (Lipinski definition) is 5. The number of anilines is 1. The number of carbonyl (C=O) groups excluding carboxylic acids is 1. The number of β-amino-alcohol motifs (C(OH)–C–C–N with tert-alkyl or cyclic N) is 1. The number of nitriles is 1. The van der Waals surface area contributed by atoms with E-state index < -0.39 is 5.60 Å². The topological polar surface area (TPSA) is 80.5 Å². The Morgan fingerprint density at radius 3 is 2.82 bits per heavy atom. The minimum atomic E-state index is -1.34. The lowest BCUT2D eigenvalue weighted by molar-refractivity contribution is -0.151. The van der Waals surface area contributed by atoms with Crippen molar-refractivity contribution in [2.75, 3.05) is 31.1 Å². The molecule has 2 aliphatic rings. The minimum absolute atomic E-state index is 0.161. The molecule has 3 rings (SSSR count). The third-order valence-corrected chi connectivity index (χ3v) is 4.46. The number of aromatic nitrogens is 1. The fraction of sp³-hybridized carbons (Fsp3) is 0.562. The molecule has 2 aliphatic heterocycles. The monoisotopic (exact) mass is 300 g/mol. The zero-order valence-electron chi connectivity index (χ0n) is 12.5. The molecule has 2 fully saturated rings. The van der Waals surface area contributed by atoms with Crippen LogP contribution in [-0.2, 0) is 4.79 Å². The van der Waals surface area contributed by atoms with Crippen molar-refractivity contribution in [2.24, 2.45) is 0 Å². The summed E-state index contributed by atoms with van der Waals surface area (Å²) >= 11 is 0. The van der Waals surface area contributed by atoms with Gasteiger partial charge >= 0.3 is 0 Å². The molecule has 116 valence electrons. The van der Waals surface area contributed by atoms with Gasteiger partial charge in [0.2, 0.25) is 0 Å². The molecule has 6 nitrogen and oxygen atoms in total. The van der Waals surface area contributed by atoms with Crippen LogP contribution in [0.2, 0.25) is 0 Å². The smallest absolute Gasteiger partial charge is 0.256 e. The van der Waals surface area contributed by atoms with E-state index in [0.29, 0.717) is 17.8 Å². The molecule has 0 saturated carbocycles.